The topological polar surface area (TPSA) is 28.7 Å². The second-order valence-electron chi connectivity index (χ2n) is 3.54. The molecule has 2 rings (SSSR count). The zero-order valence-electron chi connectivity index (χ0n) is 8.43. The van der Waals surface area contributed by atoms with Crippen molar-refractivity contribution in [3.63, 3.8) is 0 Å². The van der Waals surface area contributed by atoms with Crippen molar-refractivity contribution in [3.8, 4) is 0 Å². The Labute approximate surface area is 94.1 Å². The molecular formula is C10H9F3N2S. The quantitative estimate of drug-likeness (QED) is 0.864. The lowest BCUT2D eigenvalue weighted by atomic mass is 10.2. The van der Waals surface area contributed by atoms with Gasteiger partial charge in [-0.3, -0.25) is 5.10 Å². The Morgan fingerprint density at radius 1 is 1.38 bits per heavy atom. The number of aryl methyl sites for hydroxylation is 1. The molecule has 86 valence electrons. The van der Waals surface area contributed by atoms with E-state index in [-0.39, 0.29) is 0 Å². The van der Waals surface area contributed by atoms with Crippen LogP contribution in [-0.4, -0.2) is 10.2 Å². The van der Waals surface area contributed by atoms with Gasteiger partial charge in [0, 0.05) is 17.0 Å². The average molecular weight is 246 g/mol. The predicted molar refractivity (Wildman–Crippen MR) is 55.5 cm³/mol. The number of alkyl halides is 3. The van der Waals surface area contributed by atoms with E-state index in [4.69, 9.17) is 0 Å². The van der Waals surface area contributed by atoms with Gasteiger partial charge in [0.05, 0.1) is 0 Å². The highest BCUT2D eigenvalue weighted by Crippen LogP contribution is 2.28. The van der Waals surface area contributed by atoms with Crippen LogP contribution in [0.25, 0.3) is 0 Å². The lowest BCUT2D eigenvalue weighted by Crippen LogP contribution is -2.04. The first kappa shape index (κ1) is 11.2. The first-order chi connectivity index (χ1) is 7.45. The predicted octanol–water partition coefficient (Wildman–Crippen LogP) is 3.39. The summed E-state index contributed by atoms with van der Waals surface area (Å²) in [5.41, 5.74) is 0.737. The zero-order chi connectivity index (χ0) is 11.8. The summed E-state index contributed by atoms with van der Waals surface area (Å²) in [5.74, 6) is 0. The van der Waals surface area contributed by atoms with Crippen LogP contribution in [0.5, 0.6) is 0 Å². The first-order valence-corrected chi connectivity index (χ1v) is 5.48. The van der Waals surface area contributed by atoms with E-state index in [2.05, 4.69) is 10.2 Å². The largest absolute Gasteiger partial charge is 0.435 e. The van der Waals surface area contributed by atoms with Gasteiger partial charge in [-0.25, -0.2) is 0 Å². The Bertz CT molecular complexity index is 484. The summed E-state index contributed by atoms with van der Waals surface area (Å²) in [5, 5.41) is 7.62. The summed E-state index contributed by atoms with van der Waals surface area (Å²) in [7, 11) is 0. The van der Waals surface area contributed by atoms with Gasteiger partial charge in [0.25, 0.3) is 0 Å². The van der Waals surface area contributed by atoms with Gasteiger partial charge in [0.15, 0.2) is 5.69 Å². The highest BCUT2D eigenvalue weighted by atomic mass is 32.1. The molecule has 2 heterocycles. The molecule has 0 aliphatic carbocycles. The molecule has 16 heavy (non-hydrogen) atoms. The first-order valence-electron chi connectivity index (χ1n) is 4.60. The number of H-pyrrole nitrogens is 1. The van der Waals surface area contributed by atoms with E-state index in [1.165, 1.54) is 11.3 Å². The fraction of sp³-hybridized carbons (Fsp3) is 0.300. The van der Waals surface area contributed by atoms with Crippen LogP contribution in [0.2, 0.25) is 0 Å². The molecule has 1 N–H and O–H groups in total. The molecule has 0 aromatic carbocycles. The number of thiophene rings is 1. The van der Waals surface area contributed by atoms with E-state index in [9.17, 15) is 13.2 Å². The van der Waals surface area contributed by atoms with E-state index in [0.29, 0.717) is 12.1 Å². The smallest absolute Gasteiger partial charge is 0.282 e. The fourth-order valence-corrected chi connectivity index (χ4v) is 2.27. The van der Waals surface area contributed by atoms with Gasteiger partial charge < -0.3 is 0 Å². The van der Waals surface area contributed by atoms with E-state index in [0.717, 1.165) is 16.5 Å². The number of rotatable bonds is 2. The van der Waals surface area contributed by atoms with Crippen molar-refractivity contribution in [2.75, 3.05) is 0 Å². The molecule has 0 fully saturated rings. The molecule has 2 aromatic heterocycles. The van der Waals surface area contributed by atoms with Crippen LogP contribution >= 0.6 is 11.3 Å². The van der Waals surface area contributed by atoms with Crippen molar-refractivity contribution in [1.29, 1.82) is 0 Å². The third kappa shape index (κ3) is 2.44. The van der Waals surface area contributed by atoms with E-state index in [1.54, 1.807) is 0 Å². The highest BCUT2D eigenvalue weighted by molar-refractivity contribution is 7.10. The van der Waals surface area contributed by atoms with Gasteiger partial charge >= 0.3 is 6.18 Å². The van der Waals surface area contributed by atoms with Crippen molar-refractivity contribution in [1.82, 2.24) is 10.2 Å². The van der Waals surface area contributed by atoms with Crippen LogP contribution in [0, 0.1) is 6.92 Å². The molecule has 0 bridgehead atoms. The Kier molecular flexibility index (Phi) is 2.75. The van der Waals surface area contributed by atoms with Gasteiger partial charge in [-0.1, -0.05) is 0 Å². The number of nitrogens with one attached hydrogen (secondary N) is 1. The van der Waals surface area contributed by atoms with Crippen molar-refractivity contribution in [2.24, 2.45) is 0 Å². The van der Waals surface area contributed by atoms with Crippen LogP contribution in [0.3, 0.4) is 0 Å². The summed E-state index contributed by atoms with van der Waals surface area (Å²) in [6, 6.07) is 3.01. The zero-order valence-corrected chi connectivity index (χ0v) is 9.25. The minimum Gasteiger partial charge on any atom is -0.282 e. The summed E-state index contributed by atoms with van der Waals surface area (Å²) in [6.45, 7) is 1.95. The van der Waals surface area contributed by atoms with Gasteiger partial charge in [0.1, 0.15) is 0 Å². The van der Waals surface area contributed by atoms with Crippen LogP contribution in [0.4, 0.5) is 13.2 Å². The number of halogens is 3. The van der Waals surface area contributed by atoms with Crippen LogP contribution in [-0.2, 0) is 12.6 Å². The lowest BCUT2D eigenvalue weighted by Gasteiger charge is -1.98. The second kappa shape index (κ2) is 3.93. The minimum absolute atomic E-state index is 0.460. The normalized spacial score (nSPS) is 12.0. The van der Waals surface area contributed by atoms with Gasteiger partial charge in [-0.05, 0) is 30.0 Å². The molecule has 0 spiro atoms. The average Bonchev–Trinajstić information content (AvgIpc) is 2.74. The summed E-state index contributed by atoms with van der Waals surface area (Å²) < 4.78 is 36.8. The monoisotopic (exact) mass is 246 g/mol. The molecule has 0 radical (unpaired) electrons. The number of hydrogen-bond acceptors (Lipinski definition) is 2. The molecule has 0 aliphatic rings. The Balaban J connectivity index is 2.14. The molecule has 0 unspecified atom stereocenters. The lowest BCUT2D eigenvalue weighted by molar-refractivity contribution is -0.141. The van der Waals surface area contributed by atoms with Crippen molar-refractivity contribution >= 4 is 11.3 Å². The molecule has 2 aromatic rings. The fourth-order valence-electron chi connectivity index (χ4n) is 1.37. The van der Waals surface area contributed by atoms with Crippen molar-refractivity contribution in [3.05, 3.63) is 39.3 Å². The molecule has 0 saturated carbocycles. The van der Waals surface area contributed by atoms with Crippen LogP contribution < -0.4 is 0 Å². The number of aromatic nitrogens is 2. The van der Waals surface area contributed by atoms with Crippen molar-refractivity contribution in [2.45, 2.75) is 19.5 Å². The third-order valence-electron chi connectivity index (χ3n) is 2.07. The summed E-state index contributed by atoms with van der Waals surface area (Å²) >= 11 is 1.53. The molecule has 6 heteroatoms. The molecule has 0 aliphatic heterocycles. The summed E-state index contributed by atoms with van der Waals surface area (Å²) in [6.07, 6.45) is -3.91. The maximum atomic E-state index is 12.3. The molecular weight excluding hydrogens is 237 g/mol. The molecule has 0 saturated heterocycles. The maximum Gasteiger partial charge on any atom is 0.435 e. The minimum atomic E-state index is -4.37. The Morgan fingerprint density at radius 3 is 2.62 bits per heavy atom. The van der Waals surface area contributed by atoms with Gasteiger partial charge in [-0.2, -0.15) is 18.3 Å². The Morgan fingerprint density at radius 2 is 2.12 bits per heavy atom. The summed E-state index contributed by atoms with van der Waals surface area (Å²) in [4.78, 5) is 1.02. The number of hydrogen-bond donors (Lipinski definition) is 1. The third-order valence-corrected chi connectivity index (χ3v) is 3.13. The SMILES string of the molecule is Cc1csc(Cc2cc(C(F)(F)F)n[nH]2)c1. The van der Waals surface area contributed by atoms with E-state index in [1.807, 2.05) is 18.4 Å². The number of aromatic amines is 1. The molecule has 0 atom stereocenters. The highest BCUT2D eigenvalue weighted by Gasteiger charge is 2.33. The van der Waals surface area contributed by atoms with Gasteiger partial charge in [-0.15, -0.1) is 11.3 Å². The van der Waals surface area contributed by atoms with E-state index < -0.39 is 11.9 Å². The van der Waals surface area contributed by atoms with Gasteiger partial charge in [0.2, 0.25) is 0 Å². The second-order valence-corrected chi connectivity index (χ2v) is 4.54. The van der Waals surface area contributed by atoms with Crippen molar-refractivity contribution < 1.29 is 13.2 Å². The standard InChI is InChI=1S/C10H9F3N2S/c1-6-2-8(16-5-6)3-7-4-9(15-14-7)10(11,12)13/h2,4-5H,3H2,1H3,(H,14,15). The number of nitrogens with zero attached hydrogens (tertiary/aromatic N) is 1. The Hall–Kier alpha value is -1.30. The molecule has 0 amide bonds. The molecule has 2 nitrogen and oxygen atoms in total. The van der Waals surface area contributed by atoms with Crippen LogP contribution in [0.1, 0.15) is 21.8 Å². The van der Waals surface area contributed by atoms with Crippen LogP contribution in [0.15, 0.2) is 17.5 Å². The van der Waals surface area contributed by atoms with E-state index >= 15 is 0 Å². The maximum absolute atomic E-state index is 12.3.